The van der Waals surface area contributed by atoms with Gasteiger partial charge < -0.3 is 25.1 Å². The van der Waals surface area contributed by atoms with Gasteiger partial charge in [0.1, 0.15) is 6.04 Å². The number of rotatable bonds is 9. The van der Waals surface area contributed by atoms with E-state index in [2.05, 4.69) is 26.1 Å². The van der Waals surface area contributed by atoms with Crippen LogP contribution in [0.5, 0.6) is 0 Å². The number of hydrogen-bond acceptors (Lipinski definition) is 7. The molecule has 1 aromatic heterocycles. The molecule has 0 bridgehead atoms. The number of carbonyl (C=O) groups excluding carboxylic acids is 1. The number of methoxy groups -OCH3 is 1. The molecule has 0 saturated heterocycles. The Morgan fingerprint density at radius 3 is 2.95 bits per heavy atom. The average molecular weight is 271 g/mol. The van der Waals surface area contributed by atoms with E-state index in [9.17, 15) is 4.79 Å². The van der Waals surface area contributed by atoms with Gasteiger partial charge >= 0.3 is 6.01 Å². The number of nitrogens with one attached hydrogen (secondary N) is 3. The quantitative estimate of drug-likeness (QED) is 0.532. The molecule has 0 spiro atoms. The third-order valence-corrected chi connectivity index (χ3v) is 2.31. The van der Waals surface area contributed by atoms with E-state index in [0.717, 1.165) is 0 Å². The monoisotopic (exact) mass is 271 g/mol. The summed E-state index contributed by atoms with van der Waals surface area (Å²) in [6.07, 6.45) is 0. The van der Waals surface area contributed by atoms with E-state index in [0.29, 0.717) is 32.1 Å². The van der Waals surface area contributed by atoms with Crippen molar-refractivity contribution in [2.75, 3.05) is 32.1 Å². The van der Waals surface area contributed by atoms with Crippen LogP contribution in [0.25, 0.3) is 0 Å². The average Bonchev–Trinajstić information content (AvgIpc) is 2.82. The Hall–Kier alpha value is -1.67. The fourth-order valence-electron chi connectivity index (χ4n) is 1.33. The van der Waals surface area contributed by atoms with Crippen LogP contribution in [-0.2, 0) is 16.1 Å². The highest BCUT2D eigenvalue weighted by Crippen LogP contribution is 2.06. The number of aromatic nitrogens is 2. The minimum absolute atomic E-state index is 0.111. The van der Waals surface area contributed by atoms with Crippen molar-refractivity contribution in [3.05, 3.63) is 5.89 Å². The summed E-state index contributed by atoms with van der Waals surface area (Å²) < 4.78 is 10.2. The standard InChI is InChI=1S/C11H21N5O3/c1-4-13-10(17)8(2)14-11-16-15-9(19-11)7-12-5-6-18-3/h8,12H,4-7H2,1-3H3,(H,13,17)(H,14,16). The summed E-state index contributed by atoms with van der Waals surface area (Å²) in [6, 6.07) is -0.183. The van der Waals surface area contributed by atoms with E-state index in [1.807, 2.05) is 6.92 Å². The predicted octanol–water partition coefficient (Wildman–Crippen LogP) is -0.258. The molecule has 1 amide bonds. The molecule has 3 N–H and O–H groups in total. The summed E-state index contributed by atoms with van der Waals surface area (Å²) in [6.45, 7) is 5.97. The smallest absolute Gasteiger partial charge is 0.316 e. The van der Waals surface area contributed by atoms with Crippen LogP contribution in [0, 0.1) is 0 Å². The Balaban J connectivity index is 2.35. The molecule has 8 nitrogen and oxygen atoms in total. The summed E-state index contributed by atoms with van der Waals surface area (Å²) in [5.74, 6) is 0.349. The minimum Gasteiger partial charge on any atom is -0.407 e. The van der Waals surface area contributed by atoms with E-state index in [1.165, 1.54) is 0 Å². The van der Waals surface area contributed by atoms with Gasteiger partial charge in [-0.2, -0.15) is 0 Å². The van der Waals surface area contributed by atoms with E-state index in [-0.39, 0.29) is 11.9 Å². The third-order valence-electron chi connectivity index (χ3n) is 2.31. The van der Waals surface area contributed by atoms with Crippen LogP contribution in [0.15, 0.2) is 4.42 Å². The Morgan fingerprint density at radius 2 is 2.26 bits per heavy atom. The maximum Gasteiger partial charge on any atom is 0.316 e. The van der Waals surface area contributed by atoms with Gasteiger partial charge in [0.25, 0.3) is 0 Å². The van der Waals surface area contributed by atoms with Crippen LogP contribution in [0.2, 0.25) is 0 Å². The van der Waals surface area contributed by atoms with E-state index in [1.54, 1.807) is 14.0 Å². The highest BCUT2D eigenvalue weighted by atomic mass is 16.5. The molecule has 1 aromatic rings. The van der Waals surface area contributed by atoms with Gasteiger partial charge in [-0.05, 0) is 13.8 Å². The van der Waals surface area contributed by atoms with Crippen LogP contribution in [0.3, 0.4) is 0 Å². The fourth-order valence-corrected chi connectivity index (χ4v) is 1.33. The van der Waals surface area contributed by atoms with Crippen molar-refractivity contribution in [1.82, 2.24) is 20.8 Å². The van der Waals surface area contributed by atoms with Gasteiger partial charge in [-0.15, -0.1) is 5.10 Å². The molecular formula is C11H21N5O3. The van der Waals surface area contributed by atoms with Crippen molar-refractivity contribution in [2.24, 2.45) is 0 Å². The van der Waals surface area contributed by atoms with Crippen molar-refractivity contribution in [3.63, 3.8) is 0 Å². The molecule has 0 saturated carbocycles. The summed E-state index contributed by atoms with van der Waals surface area (Å²) in [5, 5.41) is 16.3. The molecule has 19 heavy (non-hydrogen) atoms. The van der Waals surface area contributed by atoms with Gasteiger partial charge in [0.15, 0.2) is 0 Å². The van der Waals surface area contributed by atoms with Gasteiger partial charge in [0.05, 0.1) is 13.2 Å². The Kier molecular flexibility index (Phi) is 6.83. The van der Waals surface area contributed by atoms with Gasteiger partial charge in [0, 0.05) is 20.2 Å². The van der Waals surface area contributed by atoms with Crippen LogP contribution in [-0.4, -0.2) is 49.0 Å². The number of carbonyl (C=O) groups is 1. The van der Waals surface area contributed by atoms with Gasteiger partial charge in [-0.3, -0.25) is 4.79 Å². The zero-order chi connectivity index (χ0) is 14.1. The first kappa shape index (κ1) is 15.4. The topological polar surface area (TPSA) is 101 Å². The van der Waals surface area contributed by atoms with Crippen LogP contribution in [0.4, 0.5) is 6.01 Å². The molecule has 0 radical (unpaired) electrons. The second-order valence-electron chi connectivity index (χ2n) is 3.93. The van der Waals surface area contributed by atoms with Crippen LogP contribution in [0.1, 0.15) is 19.7 Å². The van der Waals surface area contributed by atoms with Gasteiger partial charge in [0.2, 0.25) is 11.8 Å². The molecule has 1 rings (SSSR count). The summed E-state index contributed by atoms with van der Waals surface area (Å²) >= 11 is 0. The molecule has 0 aliphatic rings. The van der Waals surface area contributed by atoms with E-state index >= 15 is 0 Å². The SMILES string of the molecule is CCNC(=O)C(C)Nc1nnc(CNCCOC)o1. The Labute approximate surface area is 112 Å². The number of amides is 1. The second-order valence-corrected chi connectivity index (χ2v) is 3.93. The second kappa shape index (κ2) is 8.44. The number of ether oxygens (including phenoxy) is 1. The molecule has 0 aromatic carbocycles. The minimum atomic E-state index is -0.422. The summed E-state index contributed by atoms with van der Waals surface area (Å²) in [7, 11) is 1.64. The number of hydrogen-bond donors (Lipinski definition) is 3. The Bertz CT molecular complexity index is 382. The van der Waals surface area contributed by atoms with E-state index < -0.39 is 6.04 Å². The van der Waals surface area contributed by atoms with Gasteiger partial charge in [-0.25, -0.2) is 0 Å². The molecule has 1 unspecified atom stereocenters. The molecule has 1 atom stereocenters. The highest BCUT2D eigenvalue weighted by molar-refractivity contribution is 5.83. The van der Waals surface area contributed by atoms with Crippen molar-refractivity contribution < 1.29 is 13.9 Å². The zero-order valence-electron chi connectivity index (χ0n) is 11.5. The number of nitrogens with zero attached hydrogens (tertiary/aromatic N) is 2. The lowest BCUT2D eigenvalue weighted by atomic mass is 10.3. The lowest BCUT2D eigenvalue weighted by molar-refractivity contribution is -0.121. The first-order valence-corrected chi connectivity index (χ1v) is 6.23. The number of likely N-dealkylation sites (N-methyl/N-ethyl adjacent to an activating group) is 1. The largest absolute Gasteiger partial charge is 0.407 e. The lowest BCUT2D eigenvalue weighted by Gasteiger charge is -2.10. The highest BCUT2D eigenvalue weighted by Gasteiger charge is 2.14. The maximum atomic E-state index is 11.5. The van der Waals surface area contributed by atoms with Gasteiger partial charge in [-0.1, -0.05) is 5.10 Å². The van der Waals surface area contributed by atoms with Crippen molar-refractivity contribution >= 4 is 11.9 Å². The summed E-state index contributed by atoms with van der Waals surface area (Å²) in [4.78, 5) is 11.5. The molecular weight excluding hydrogens is 250 g/mol. The van der Waals surface area contributed by atoms with Crippen molar-refractivity contribution in [2.45, 2.75) is 26.4 Å². The fraction of sp³-hybridized carbons (Fsp3) is 0.727. The normalized spacial score (nSPS) is 12.2. The first-order valence-electron chi connectivity index (χ1n) is 6.23. The zero-order valence-corrected chi connectivity index (χ0v) is 11.5. The van der Waals surface area contributed by atoms with Crippen molar-refractivity contribution in [3.8, 4) is 0 Å². The first-order chi connectivity index (χ1) is 9.17. The molecule has 1 heterocycles. The van der Waals surface area contributed by atoms with Crippen LogP contribution < -0.4 is 16.0 Å². The third kappa shape index (κ3) is 5.66. The Morgan fingerprint density at radius 1 is 1.47 bits per heavy atom. The lowest BCUT2D eigenvalue weighted by Crippen LogP contribution is -2.37. The molecule has 0 aliphatic heterocycles. The molecule has 8 heteroatoms. The van der Waals surface area contributed by atoms with Crippen LogP contribution >= 0.6 is 0 Å². The van der Waals surface area contributed by atoms with E-state index in [4.69, 9.17) is 9.15 Å². The predicted molar refractivity (Wildman–Crippen MR) is 69.6 cm³/mol. The summed E-state index contributed by atoms with van der Waals surface area (Å²) in [5.41, 5.74) is 0. The number of anilines is 1. The molecule has 0 aliphatic carbocycles. The molecule has 0 fully saturated rings. The maximum absolute atomic E-state index is 11.5. The van der Waals surface area contributed by atoms with Crippen molar-refractivity contribution in [1.29, 1.82) is 0 Å². The molecule has 108 valence electrons.